The van der Waals surface area contributed by atoms with Crippen molar-refractivity contribution in [2.45, 2.75) is 45.6 Å². The molecule has 1 atom stereocenters. The van der Waals surface area contributed by atoms with Gasteiger partial charge in [-0.05, 0) is 61.0 Å². The summed E-state index contributed by atoms with van der Waals surface area (Å²) in [5.41, 5.74) is 5.24. The van der Waals surface area contributed by atoms with Gasteiger partial charge in [-0.25, -0.2) is 0 Å². The van der Waals surface area contributed by atoms with Crippen LogP contribution in [-0.4, -0.2) is 29.1 Å². The zero-order chi connectivity index (χ0) is 18.7. The number of hydrogen-bond donors (Lipinski definition) is 1. The molecule has 1 fully saturated rings. The minimum Gasteiger partial charge on any atom is -0.481 e. The Labute approximate surface area is 156 Å². The van der Waals surface area contributed by atoms with Gasteiger partial charge in [0.2, 0.25) is 0 Å². The van der Waals surface area contributed by atoms with Gasteiger partial charge >= 0.3 is 5.97 Å². The van der Waals surface area contributed by atoms with Gasteiger partial charge in [-0.15, -0.1) is 0 Å². The number of rotatable bonds is 5. The summed E-state index contributed by atoms with van der Waals surface area (Å²) >= 11 is 0. The standard InChI is InChI=1S/C23H29NO2/c1-16(2)18-8-10-19(11-9-18)22(21-7-5-4-6-17(21)3)24-14-12-20(13-15-24)23(25)26/h4-11,16,20,22H,12-15H2,1-3H3,(H,25,26). The number of benzene rings is 2. The fraction of sp³-hybridized carbons (Fsp3) is 0.435. The molecule has 0 aromatic heterocycles. The second-order valence-electron chi connectivity index (χ2n) is 7.73. The molecule has 1 heterocycles. The Morgan fingerprint density at radius 3 is 2.12 bits per heavy atom. The first-order chi connectivity index (χ1) is 12.5. The van der Waals surface area contributed by atoms with Crippen LogP contribution < -0.4 is 0 Å². The highest BCUT2D eigenvalue weighted by molar-refractivity contribution is 5.70. The number of likely N-dealkylation sites (tertiary alicyclic amines) is 1. The van der Waals surface area contributed by atoms with Gasteiger partial charge in [0, 0.05) is 0 Å². The van der Waals surface area contributed by atoms with Crippen LogP contribution in [0.15, 0.2) is 48.5 Å². The zero-order valence-electron chi connectivity index (χ0n) is 16.0. The van der Waals surface area contributed by atoms with Crippen molar-refractivity contribution >= 4 is 5.97 Å². The molecule has 0 bridgehead atoms. The topological polar surface area (TPSA) is 40.5 Å². The van der Waals surface area contributed by atoms with Gasteiger partial charge in [-0.3, -0.25) is 9.69 Å². The van der Waals surface area contributed by atoms with Crippen LogP contribution in [0.1, 0.15) is 60.9 Å². The van der Waals surface area contributed by atoms with Crippen molar-refractivity contribution in [1.82, 2.24) is 4.90 Å². The number of aliphatic carboxylic acids is 1. The highest BCUT2D eigenvalue weighted by Gasteiger charge is 2.30. The molecular formula is C23H29NO2. The van der Waals surface area contributed by atoms with Crippen LogP contribution in [0.25, 0.3) is 0 Å². The number of nitrogens with zero attached hydrogens (tertiary/aromatic N) is 1. The highest BCUT2D eigenvalue weighted by atomic mass is 16.4. The Kier molecular flexibility index (Phi) is 5.77. The third-order valence-corrected chi connectivity index (χ3v) is 5.65. The van der Waals surface area contributed by atoms with E-state index in [9.17, 15) is 9.90 Å². The van der Waals surface area contributed by atoms with E-state index in [-0.39, 0.29) is 12.0 Å². The molecule has 3 heteroatoms. The van der Waals surface area contributed by atoms with Crippen molar-refractivity contribution in [3.05, 3.63) is 70.8 Å². The van der Waals surface area contributed by atoms with Crippen LogP contribution in [0.2, 0.25) is 0 Å². The van der Waals surface area contributed by atoms with E-state index in [0.29, 0.717) is 5.92 Å². The van der Waals surface area contributed by atoms with Gasteiger partial charge < -0.3 is 5.11 Å². The van der Waals surface area contributed by atoms with Crippen LogP contribution in [0.5, 0.6) is 0 Å². The van der Waals surface area contributed by atoms with Crippen LogP contribution in [-0.2, 0) is 4.79 Å². The van der Waals surface area contributed by atoms with Crippen LogP contribution >= 0.6 is 0 Å². The Hall–Kier alpha value is -2.13. The van der Waals surface area contributed by atoms with E-state index in [1.807, 2.05) is 0 Å². The molecule has 26 heavy (non-hydrogen) atoms. The molecule has 1 N–H and O–H groups in total. The normalized spacial score (nSPS) is 17.4. The monoisotopic (exact) mass is 351 g/mol. The van der Waals surface area contributed by atoms with Gasteiger partial charge in [0.1, 0.15) is 0 Å². The van der Waals surface area contributed by atoms with E-state index < -0.39 is 5.97 Å². The lowest BCUT2D eigenvalue weighted by Gasteiger charge is -2.37. The third-order valence-electron chi connectivity index (χ3n) is 5.65. The van der Waals surface area contributed by atoms with Crippen LogP contribution in [0.3, 0.4) is 0 Å². The SMILES string of the molecule is Cc1ccccc1C(c1ccc(C(C)C)cc1)N1CCC(C(=O)O)CC1. The van der Waals surface area contributed by atoms with E-state index in [1.54, 1.807) is 0 Å². The van der Waals surface area contributed by atoms with Gasteiger partial charge in [0.05, 0.1) is 12.0 Å². The summed E-state index contributed by atoms with van der Waals surface area (Å²) in [7, 11) is 0. The molecule has 1 aliphatic heterocycles. The first-order valence-electron chi connectivity index (χ1n) is 9.59. The van der Waals surface area contributed by atoms with E-state index in [4.69, 9.17) is 0 Å². The highest BCUT2D eigenvalue weighted by Crippen LogP contribution is 2.34. The Bertz CT molecular complexity index is 743. The second kappa shape index (κ2) is 8.05. The molecule has 2 aromatic rings. The molecule has 138 valence electrons. The molecule has 2 aromatic carbocycles. The molecule has 0 spiro atoms. The van der Waals surface area contributed by atoms with Crippen LogP contribution in [0.4, 0.5) is 0 Å². The Balaban J connectivity index is 1.93. The summed E-state index contributed by atoms with van der Waals surface area (Å²) in [6, 6.07) is 17.7. The van der Waals surface area contributed by atoms with E-state index in [0.717, 1.165) is 25.9 Å². The fourth-order valence-electron chi connectivity index (χ4n) is 3.95. The first-order valence-corrected chi connectivity index (χ1v) is 9.59. The molecule has 1 unspecified atom stereocenters. The van der Waals surface area contributed by atoms with Crippen molar-refractivity contribution in [2.24, 2.45) is 5.92 Å². The smallest absolute Gasteiger partial charge is 0.306 e. The quantitative estimate of drug-likeness (QED) is 0.824. The van der Waals surface area contributed by atoms with E-state index in [2.05, 4.69) is 74.2 Å². The maximum atomic E-state index is 11.3. The second-order valence-corrected chi connectivity index (χ2v) is 7.73. The third kappa shape index (κ3) is 3.99. The number of hydrogen-bond acceptors (Lipinski definition) is 2. The van der Waals surface area contributed by atoms with Crippen molar-refractivity contribution in [1.29, 1.82) is 0 Å². The summed E-state index contributed by atoms with van der Waals surface area (Å²) in [5.74, 6) is -0.335. The van der Waals surface area contributed by atoms with Crippen molar-refractivity contribution in [3.8, 4) is 0 Å². The van der Waals surface area contributed by atoms with Crippen molar-refractivity contribution in [3.63, 3.8) is 0 Å². The minimum absolute atomic E-state index is 0.187. The van der Waals surface area contributed by atoms with Gasteiger partial charge in [0.15, 0.2) is 0 Å². The van der Waals surface area contributed by atoms with Crippen LogP contribution in [0, 0.1) is 12.8 Å². The first kappa shape index (κ1) is 18.7. The van der Waals surface area contributed by atoms with Gasteiger partial charge in [0.25, 0.3) is 0 Å². The van der Waals surface area contributed by atoms with Gasteiger partial charge in [-0.1, -0.05) is 62.4 Å². The molecule has 1 aliphatic rings. The number of carboxylic acid groups (broad SMARTS) is 1. The largest absolute Gasteiger partial charge is 0.481 e. The fourth-order valence-corrected chi connectivity index (χ4v) is 3.95. The van der Waals surface area contributed by atoms with E-state index in [1.165, 1.54) is 22.3 Å². The number of carbonyl (C=O) groups is 1. The molecule has 0 amide bonds. The molecular weight excluding hydrogens is 322 g/mol. The molecule has 0 aliphatic carbocycles. The number of carboxylic acids is 1. The summed E-state index contributed by atoms with van der Waals surface area (Å²) in [6.07, 6.45) is 1.45. The van der Waals surface area contributed by atoms with Crippen molar-refractivity contribution < 1.29 is 9.90 Å². The lowest BCUT2D eigenvalue weighted by atomic mass is 9.89. The number of piperidine rings is 1. The maximum absolute atomic E-state index is 11.3. The lowest BCUT2D eigenvalue weighted by Crippen LogP contribution is -2.39. The predicted molar refractivity (Wildman–Crippen MR) is 105 cm³/mol. The molecule has 3 nitrogen and oxygen atoms in total. The number of aryl methyl sites for hydroxylation is 1. The summed E-state index contributed by atoms with van der Waals surface area (Å²) in [6.45, 7) is 8.23. The molecule has 0 saturated carbocycles. The average molecular weight is 351 g/mol. The molecule has 3 rings (SSSR count). The Morgan fingerprint density at radius 2 is 1.58 bits per heavy atom. The lowest BCUT2D eigenvalue weighted by molar-refractivity contribution is -0.143. The minimum atomic E-state index is -0.654. The summed E-state index contributed by atoms with van der Waals surface area (Å²) in [4.78, 5) is 13.8. The molecule has 1 saturated heterocycles. The predicted octanol–water partition coefficient (Wildman–Crippen LogP) is 5.00. The average Bonchev–Trinajstić information content (AvgIpc) is 2.64. The Morgan fingerprint density at radius 1 is 1.00 bits per heavy atom. The summed E-state index contributed by atoms with van der Waals surface area (Å²) in [5, 5.41) is 9.31. The van der Waals surface area contributed by atoms with Crippen molar-refractivity contribution in [2.75, 3.05) is 13.1 Å². The summed E-state index contributed by atoms with van der Waals surface area (Å²) < 4.78 is 0. The maximum Gasteiger partial charge on any atom is 0.306 e. The molecule has 0 radical (unpaired) electrons. The zero-order valence-corrected chi connectivity index (χ0v) is 16.0. The van der Waals surface area contributed by atoms with E-state index >= 15 is 0 Å². The van der Waals surface area contributed by atoms with Gasteiger partial charge in [-0.2, -0.15) is 0 Å².